The topological polar surface area (TPSA) is 30.2 Å². The lowest BCUT2D eigenvalue weighted by Gasteiger charge is -2.10. The number of rotatable bonds is 8. The monoisotopic (exact) mass is 508 g/mol. The number of aryl methyl sites for hydroxylation is 2. The highest BCUT2D eigenvalue weighted by molar-refractivity contribution is 5.89. The Morgan fingerprint density at radius 3 is 2.00 bits per heavy atom. The van der Waals surface area contributed by atoms with E-state index in [9.17, 15) is 9.18 Å². The second-order valence-electron chi connectivity index (χ2n) is 9.72. The van der Waals surface area contributed by atoms with Crippen LogP contribution in [0.15, 0.2) is 94.1 Å². The van der Waals surface area contributed by atoms with Crippen LogP contribution in [-0.4, -0.2) is 0 Å². The molecule has 0 bridgehead atoms. The molecule has 192 valence electrons. The standard InChI is InChI=1S/C34H30F2O2/c1-3-5-7-26-16-17-27(20-30(26)35)31-21-28-18-19-29(33(36)32(28)34(37)38-31)25-14-12-24(13-15-25)23-10-8-22(6-4-2)9-11-23/h8-21H,3-7H2,1-2H3. The zero-order valence-electron chi connectivity index (χ0n) is 21.7. The van der Waals surface area contributed by atoms with Crippen LogP contribution >= 0.6 is 0 Å². The maximum atomic E-state index is 15.6. The Labute approximate surface area is 221 Å². The van der Waals surface area contributed by atoms with Crippen LogP contribution in [-0.2, 0) is 12.8 Å². The second kappa shape index (κ2) is 11.1. The van der Waals surface area contributed by atoms with E-state index in [2.05, 4.69) is 38.1 Å². The number of unbranched alkanes of at least 4 members (excludes halogenated alkanes) is 1. The minimum absolute atomic E-state index is 0.109. The molecule has 0 unspecified atom stereocenters. The minimum atomic E-state index is -0.781. The SMILES string of the molecule is CCCCc1ccc(-c2cc3ccc(-c4ccc(-c5ccc(CCC)cc5)cc4)c(F)c3c(=O)o2)cc1F. The average Bonchev–Trinajstić information content (AvgIpc) is 2.93. The Morgan fingerprint density at radius 1 is 0.684 bits per heavy atom. The fourth-order valence-corrected chi connectivity index (χ4v) is 4.87. The number of fused-ring (bicyclic) bond motifs is 1. The first-order valence-electron chi connectivity index (χ1n) is 13.2. The summed E-state index contributed by atoms with van der Waals surface area (Å²) in [4.78, 5) is 12.9. The Hall–Kier alpha value is -4.05. The predicted octanol–water partition coefficient (Wildman–Crippen LogP) is 9.37. The number of benzene rings is 4. The van der Waals surface area contributed by atoms with Crippen molar-refractivity contribution in [2.45, 2.75) is 46.0 Å². The normalized spacial score (nSPS) is 11.3. The largest absolute Gasteiger partial charge is 0.422 e. The molecule has 0 saturated heterocycles. The van der Waals surface area contributed by atoms with Gasteiger partial charge in [0.05, 0.1) is 0 Å². The van der Waals surface area contributed by atoms with Crippen LogP contribution in [0.25, 0.3) is 44.3 Å². The van der Waals surface area contributed by atoms with Gasteiger partial charge < -0.3 is 4.42 Å². The third-order valence-corrected chi connectivity index (χ3v) is 7.03. The molecule has 2 nitrogen and oxygen atoms in total. The summed E-state index contributed by atoms with van der Waals surface area (Å²) in [5.41, 5.74) is 4.74. The molecule has 1 aromatic heterocycles. The Morgan fingerprint density at radius 2 is 1.34 bits per heavy atom. The average molecular weight is 509 g/mol. The van der Waals surface area contributed by atoms with Gasteiger partial charge in [0.25, 0.3) is 0 Å². The first-order valence-corrected chi connectivity index (χ1v) is 13.2. The first-order chi connectivity index (χ1) is 18.5. The molecule has 0 fully saturated rings. The summed E-state index contributed by atoms with van der Waals surface area (Å²) in [6.07, 6.45) is 4.70. The second-order valence-corrected chi connectivity index (χ2v) is 9.72. The molecule has 0 saturated carbocycles. The lowest BCUT2D eigenvalue weighted by molar-refractivity contribution is 0.528. The Bertz CT molecular complexity index is 1630. The van der Waals surface area contributed by atoms with E-state index in [0.717, 1.165) is 36.8 Å². The smallest absolute Gasteiger partial charge is 0.347 e. The van der Waals surface area contributed by atoms with Crippen LogP contribution < -0.4 is 5.63 Å². The maximum Gasteiger partial charge on any atom is 0.347 e. The molecule has 5 aromatic rings. The van der Waals surface area contributed by atoms with Crippen molar-refractivity contribution in [3.63, 3.8) is 0 Å². The predicted molar refractivity (Wildman–Crippen MR) is 151 cm³/mol. The molecular formula is C34H30F2O2. The van der Waals surface area contributed by atoms with Crippen LogP contribution in [0.4, 0.5) is 8.78 Å². The lowest BCUT2D eigenvalue weighted by Crippen LogP contribution is -2.04. The lowest BCUT2D eigenvalue weighted by atomic mass is 9.97. The van der Waals surface area contributed by atoms with Gasteiger partial charge in [0.1, 0.15) is 22.8 Å². The van der Waals surface area contributed by atoms with Gasteiger partial charge in [-0.25, -0.2) is 13.6 Å². The van der Waals surface area contributed by atoms with E-state index in [1.807, 2.05) is 24.3 Å². The van der Waals surface area contributed by atoms with Crippen molar-refractivity contribution in [1.82, 2.24) is 0 Å². The zero-order valence-corrected chi connectivity index (χ0v) is 21.7. The minimum Gasteiger partial charge on any atom is -0.422 e. The molecule has 0 atom stereocenters. The van der Waals surface area contributed by atoms with Gasteiger partial charge in [-0.3, -0.25) is 0 Å². The van der Waals surface area contributed by atoms with E-state index in [1.54, 1.807) is 30.3 Å². The van der Waals surface area contributed by atoms with Crippen LogP contribution in [0.5, 0.6) is 0 Å². The van der Waals surface area contributed by atoms with Crippen LogP contribution in [0.3, 0.4) is 0 Å². The highest BCUT2D eigenvalue weighted by atomic mass is 19.1. The molecule has 0 aliphatic carbocycles. The molecule has 5 rings (SSSR count). The van der Waals surface area contributed by atoms with E-state index >= 15 is 4.39 Å². The van der Waals surface area contributed by atoms with E-state index in [4.69, 9.17) is 4.42 Å². The highest BCUT2D eigenvalue weighted by Crippen LogP contribution is 2.32. The maximum absolute atomic E-state index is 15.6. The summed E-state index contributed by atoms with van der Waals surface area (Å²) in [7, 11) is 0. The fraction of sp³-hybridized carbons (Fsp3) is 0.206. The Balaban J connectivity index is 1.45. The molecule has 0 N–H and O–H groups in total. The van der Waals surface area contributed by atoms with Crippen molar-refractivity contribution in [1.29, 1.82) is 0 Å². The van der Waals surface area contributed by atoms with Gasteiger partial charge in [-0.1, -0.05) is 99.5 Å². The van der Waals surface area contributed by atoms with Crippen molar-refractivity contribution >= 4 is 10.8 Å². The van der Waals surface area contributed by atoms with E-state index in [1.165, 1.54) is 11.6 Å². The number of hydrogen-bond donors (Lipinski definition) is 0. The van der Waals surface area contributed by atoms with Gasteiger partial charge in [-0.2, -0.15) is 0 Å². The molecule has 0 aliphatic heterocycles. The molecular weight excluding hydrogens is 478 g/mol. The van der Waals surface area contributed by atoms with Gasteiger partial charge in [-0.05, 0) is 64.6 Å². The van der Waals surface area contributed by atoms with E-state index in [-0.39, 0.29) is 17.0 Å². The Kier molecular flexibility index (Phi) is 7.50. The van der Waals surface area contributed by atoms with E-state index < -0.39 is 11.4 Å². The van der Waals surface area contributed by atoms with Crippen molar-refractivity contribution in [3.05, 3.63) is 118 Å². The summed E-state index contributed by atoms with van der Waals surface area (Å²) in [6, 6.07) is 25.9. The number of halogens is 2. The first kappa shape index (κ1) is 25.6. The van der Waals surface area contributed by atoms with Crippen LogP contribution in [0.2, 0.25) is 0 Å². The summed E-state index contributed by atoms with van der Waals surface area (Å²) in [6.45, 7) is 4.22. The van der Waals surface area contributed by atoms with Gasteiger partial charge in [-0.15, -0.1) is 0 Å². The summed E-state index contributed by atoms with van der Waals surface area (Å²) in [5, 5.41) is 0.304. The quantitative estimate of drug-likeness (QED) is 0.209. The summed E-state index contributed by atoms with van der Waals surface area (Å²) in [5.74, 6) is -0.744. The van der Waals surface area contributed by atoms with Crippen molar-refractivity contribution in [2.75, 3.05) is 0 Å². The molecule has 0 spiro atoms. The highest BCUT2D eigenvalue weighted by Gasteiger charge is 2.16. The third-order valence-electron chi connectivity index (χ3n) is 7.03. The summed E-state index contributed by atoms with van der Waals surface area (Å²) >= 11 is 0. The van der Waals surface area contributed by atoms with Crippen molar-refractivity contribution in [2.24, 2.45) is 0 Å². The zero-order chi connectivity index (χ0) is 26.6. The molecule has 0 aliphatic rings. The molecule has 1 heterocycles. The van der Waals surface area contributed by atoms with Crippen molar-refractivity contribution < 1.29 is 13.2 Å². The van der Waals surface area contributed by atoms with Gasteiger partial charge in [0.15, 0.2) is 0 Å². The fourth-order valence-electron chi connectivity index (χ4n) is 4.87. The van der Waals surface area contributed by atoms with Gasteiger partial charge in [0.2, 0.25) is 0 Å². The molecule has 4 aromatic carbocycles. The van der Waals surface area contributed by atoms with Gasteiger partial charge in [0, 0.05) is 11.1 Å². The third kappa shape index (κ3) is 5.17. The number of hydrogen-bond acceptors (Lipinski definition) is 2. The van der Waals surface area contributed by atoms with Crippen LogP contribution in [0, 0.1) is 11.6 Å². The van der Waals surface area contributed by atoms with Gasteiger partial charge >= 0.3 is 5.63 Å². The molecule has 0 radical (unpaired) electrons. The molecule has 38 heavy (non-hydrogen) atoms. The van der Waals surface area contributed by atoms with Crippen molar-refractivity contribution in [3.8, 4) is 33.6 Å². The molecule has 0 amide bonds. The molecule has 4 heteroatoms. The van der Waals surface area contributed by atoms with E-state index in [0.29, 0.717) is 34.1 Å². The van der Waals surface area contributed by atoms with Crippen LogP contribution in [0.1, 0.15) is 44.2 Å². The summed E-state index contributed by atoms with van der Waals surface area (Å²) < 4.78 is 35.7.